The maximum atomic E-state index is 10.7. The van der Waals surface area contributed by atoms with Crippen molar-refractivity contribution in [3.63, 3.8) is 0 Å². The van der Waals surface area contributed by atoms with Crippen LogP contribution in [0.25, 0.3) is 0 Å². The minimum Gasteiger partial charge on any atom is -0.382 e. The Kier molecular flexibility index (Phi) is 3.62. The summed E-state index contributed by atoms with van der Waals surface area (Å²) in [6.45, 7) is 4.10. The highest BCUT2D eigenvalue weighted by molar-refractivity contribution is 5.60. The Hall–Kier alpha value is -1.62. The predicted octanol–water partition coefficient (Wildman–Crippen LogP) is 1.87. The number of rotatable bonds is 4. The molecule has 1 rings (SSSR count). The molecule has 0 bridgehead atoms. The van der Waals surface area contributed by atoms with Gasteiger partial charge in [-0.25, -0.2) is 0 Å². The molecule has 0 aliphatic carbocycles. The van der Waals surface area contributed by atoms with Gasteiger partial charge < -0.3 is 11.1 Å². The first kappa shape index (κ1) is 11.5. The van der Waals surface area contributed by atoms with Gasteiger partial charge in [0.2, 0.25) is 0 Å². The monoisotopic (exact) mass is 209 g/mol. The van der Waals surface area contributed by atoms with E-state index < -0.39 is 4.92 Å². The molecule has 0 unspecified atom stereocenters. The zero-order valence-corrected chi connectivity index (χ0v) is 8.86. The lowest BCUT2D eigenvalue weighted by Crippen LogP contribution is -2.14. The van der Waals surface area contributed by atoms with Gasteiger partial charge in [0.25, 0.3) is 5.69 Å². The number of hydrogen-bond acceptors (Lipinski definition) is 4. The quantitative estimate of drug-likeness (QED) is 0.586. The van der Waals surface area contributed by atoms with Gasteiger partial charge in [-0.2, -0.15) is 0 Å². The second kappa shape index (κ2) is 4.75. The summed E-state index contributed by atoms with van der Waals surface area (Å²) >= 11 is 0. The van der Waals surface area contributed by atoms with Crippen molar-refractivity contribution in [2.24, 2.45) is 5.73 Å². The maximum absolute atomic E-state index is 10.7. The van der Waals surface area contributed by atoms with Crippen molar-refractivity contribution in [2.45, 2.75) is 26.4 Å². The average Bonchev–Trinajstić information content (AvgIpc) is 2.16. The van der Waals surface area contributed by atoms with Crippen molar-refractivity contribution < 1.29 is 4.92 Å². The summed E-state index contributed by atoms with van der Waals surface area (Å²) in [4.78, 5) is 10.3. The number of nitrogens with one attached hydrogen (secondary N) is 1. The molecule has 0 aliphatic rings. The molecule has 0 aromatic heterocycles. The lowest BCUT2D eigenvalue weighted by atomic mass is 10.1. The fraction of sp³-hybridized carbons (Fsp3) is 0.400. The molecule has 0 spiro atoms. The molecule has 1 aromatic rings. The molecule has 15 heavy (non-hydrogen) atoms. The highest BCUT2D eigenvalue weighted by Crippen LogP contribution is 2.26. The van der Waals surface area contributed by atoms with Crippen LogP contribution in [0, 0.1) is 10.1 Å². The van der Waals surface area contributed by atoms with Crippen LogP contribution in [0.5, 0.6) is 0 Å². The van der Waals surface area contributed by atoms with Crippen molar-refractivity contribution in [2.75, 3.05) is 5.32 Å². The summed E-state index contributed by atoms with van der Waals surface area (Å²) in [5.74, 6) is 0. The van der Waals surface area contributed by atoms with Crippen molar-refractivity contribution in [1.29, 1.82) is 0 Å². The highest BCUT2D eigenvalue weighted by atomic mass is 16.6. The maximum Gasteiger partial charge on any atom is 0.275 e. The van der Waals surface area contributed by atoms with E-state index in [2.05, 4.69) is 5.32 Å². The lowest BCUT2D eigenvalue weighted by Gasteiger charge is -2.13. The molecule has 0 saturated heterocycles. The Bertz CT molecular complexity index is 364. The third kappa shape index (κ3) is 2.66. The van der Waals surface area contributed by atoms with Gasteiger partial charge in [0, 0.05) is 24.3 Å². The van der Waals surface area contributed by atoms with E-state index in [1.54, 1.807) is 12.1 Å². The van der Waals surface area contributed by atoms with E-state index in [4.69, 9.17) is 5.73 Å². The summed E-state index contributed by atoms with van der Waals surface area (Å²) in [7, 11) is 0. The van der Waals surface area contributed by atoms with Gasteiger partial charge in [0.1, 0.15) is 0 Å². The van der Waals surface area contributed by atoms with Crippen LogP contribution in [-0.4, -0.2) is 11.0 Å². The zero-order chi connectivity index (χ0) is 11.4. The second-order valence-corrected chi connectivity index (χ2v) is 3.56. The van der Waals surface area contributed by atoms with Gasteiger partial charge in [0.15, 0.2) is 0 Å². The van der Waals surface area contributed by atoms with E-state index in [0.29, 0.717) is 5.56 Å². The van der Waals surface area contributed by atoms with Crippen LogP contribution < -0.4 is 11.1 Å². The smallest absolute Gasteiger partial charge is 0.275 e. The number of anilines is 1. The summed E-state index contributed by atoms with van der Waals surface area (Å²) in [5, 5.41) is 13.9. The molecule has 82 valence electrons. The third-order valence-electron chi connectivity index (χ3n) is 2.00. The number of nitro groups is 1. The molecule has 0 heterocycles. The summed E-state index contributed by atoms with van der Waals surface area (Å²) in [6, 6.07) is 5.14. The number of nitrogens with two attached hydrogens (primary N) is 1. The topological polar surface area (TPSA) is 81.2 Å². The van der Waals surface area contributed by atoms with Gasteiger partial charge >= 0.3 is 0 Å². The number of nitro benzene ring substituents is 1. The molecule has 0 amide bonds. The van der Waals surface area contributed by atoms with Crippen LogP contribution in [-0.2, 0) is 6.54 Å². The first-order valence-corrected chi connectivity index (χ1v) is 4.79. The van der Waals surface area contributed by atoms with Gasteiger partial charge in [-0.05, 0) is 19.9 Å². The van der Waals surface area contributed by atoms with E-state index in [1.165, 1.54) is 6.07 Å². The van der Waals surface area contributed by atoms with Crippen molar-refractivity contribution >= 4 is 11.4 Å². The van der Waals surface area contributed by atoms with Crippen LogP contribution in [0.2, 0.25) is 0 Å². The lowest BCUT2D eigenvalue weighted by molar-refractivity contribution is -0.385. The average molecular weight is 209 g/mol. The fourth-order valence-corrected chi connectivity index (χ4v) is 1.41. The Morgan fingerprint density at radius 1 is 1.53 bits per heavy atom. The summed E-state index contributed by atoms with van der Waals surface area (Å²) in [6.07, 6.45) is 0. The normalized spacial score (nSPS) is 10.4. The third-order valence-corrected chi connectivity index (χ3v) is 2.00. The van der Waals surface area contributed by atoms with Crippen LogP contribution in [0.3, 0.4) is 0 Å². The van der Waals surface area contributed by atoms with Crippen molar-refractivity contribution in [1.82, 2.24) is 0 Å². The van der Waals surface area contributed by atoms with E-state index in [0.717, 1.165) is 5.69 Å². The van der Waals surface area contributed by atoms with Crippen molar-refractivity contribution in [3.05, 3.63) is 33.9 Å². The predicted molar refractivity (Wildman–Crippen MR) is 59.7 cm³/mol. The Labute approximate surface area is 88.4 Å². The van der Waals surface area contributed by atoms with Crippen LogP contribution in [0.1, 0.15) is 19.4 Å². The van der Waals surface area contributed by atoms with E-state index in [-0.39, 0.29) is 18.3 Å². The molecule has 3 N–H and O–H groups in total. The molecule has 5 nitrogen and oxygen atoms in total. The van der Waals surface area contributed by atoms with Crippen LogP contribution in [0.15, 0.2) is 18.2 Å². The van der Waals surface area contributed by atoms with E-state index in [9.17, 15) is 10.1 Å². The number of benzene rings is 1. The van der Waals surface area contributed by atoms with Crippen LogP contribution >= 0.6 is 0 Å². The minimum atomic E-state index is -0.409. The molecule has 1 aromatic carbocycles. The van der Waals surface area contributed by atoms with Gasteiger partial charge in [-0.3, -0.25) is 10.1 Å². The molecule has 0 aliphatic heterocycles. The Balaban J connectivity index is 3.16. The van der Waals surface area contributed by atoms with Crippen LogP contribution in [0.4, 0.5) is 11.4 Å². The van der Waals surface area contributed by atoms with Gasteiger partial charge in [0.05, 0.1) is 10.5 Å². The van der Waals surface area contributed by atoms with Crippen molar-refractivity contribution in [3.8, 4) is 0 Å². The standard InChI is InChI=1S/C10H15N3O2/c1-7(2)12-9-4-3-5-10(13(14)15)8(9)6-11/h3-5,7,12H,6,11H2,1-2H3. The molecule has 0 saturated carbocycles. The van der Waals surface area contributed by atoms with Gasteiger partial charge in [-0.1, -0.05) is 6.07 Å². The molecule has 0 atom stereocenters. The highest BCUT2D eigenvalue weighted by Gasteiger charge is 2.15. The van der Waals surface area contributed by atoms with E-state index >= 15 is 0 Å². The SMILES string of the molecule is CC(C)Nc1cccc([N+](=O)[O-])c1CN. The second-order valence-electron chi connectivity index (χ2n) is 3.56. The first-order chi connectivity index (χ1) is 7.06. The zero-order valence-electron chi connectivity index (χ0n) is 8.86. The number of hydrogen-bond donors (Lipinski definition) is 2. The largest absolute Gasteiger partial charge is 0.382 e. The minimum absolute atomic E-state index is 0.0724. The molecule has 0 fully saturated rings. The molecular weight excluding hydrogens is 194 g/mol. The molecule has 5 heteroatoms. The first-order valence-electron chi connectivity index (χ1n) is 4.79. The van der Waals surface area contributed by atoms with E-state index in [1.807, 2.05) is 13.8 Å². The Morgan fingerprint density at radius 3 is 2.67 bits per heavy atom. The summed E-state index contributed by atoms with van der Waals surface area (Å²) < 4.78 is 0. The molecule has 0 radical (unpaired) electrons. The molecular formula is C10H15N3O2. The number of nitrogens with zero attached hydrogens (tertiary/aromatic N) is 1. The fourth-order valence-electron chi connectivity index (χ4n) is 1.41. The van der Waals surface area contributed by atoms with Gasteiger partial charge in [-0.15, -0.1) is 0 Å². The Morgan fingerprint density at radius 2 is 2.20 bits per heavy atom. The summed E-state index contributed by atoms with van der Waals surface area (Å²) in [5.41, 5.74) is 6.88.